The van der Waals surface area contributed by atoms with Crippen LogP contribution >= 0.6 is 12.4 Å². The normalized spacial score (nSPS) is 22.9. The molecule has 21 heavy (non-hydrogen) atoms. The minimum absolute atomic E-state index is 0. The van der Waals surface area contributed by atoms with Crippen molar-refractivity contribution >= 4 is 24.2 Å². The molecule has 2 amide bonds. The lowest BCUT2D eigenvalue weighted by molar-refractivity contribution is -0.131. The number of nitrogens with one attached hydrogen (secondary N) is 2. The molecule has 122 valence electrons. The zero-order valence-corrected chi connectivity index (χ0v) is 13.6. The largest absolute Gasteiger partial charge is 0.354 e. The molecule has 2 heterocycles. The van der Waals surface area contributed by atoms with E-state index in [1.165, 1.54) is 12.8 Å². The first-order chi connectivity index (χ1) is 9.77. The molecule has 2 rings (SSSR count). The maximum atomic E-state index is 12.1. The van der Waals surface area contributed by atoms with Crippen LogP contribution < -0.4 is 10.6 Å². The van der Waals surface area contributed by atoms with Crippen LogP contribution in [0.25, 0.3) is 0 Å². The lowest BCUT2D eigenvalue weighted by Gasteiger charge is -2.23. The number of carbonyl (C=O) groups is 2. The summed E-state index contributed by atoms with van der Waals surface area (Å²) < 4.78 is 0. The summed E-state index contributed by atoms with van der Waals surface area (Å²) in [6.07, 6.45) is 8.29. The van der Waals surface area contributed by atoms with Crippen LogP contribution in [0.3, 0.4) is 0 Å². The molecule has 6 heteroatoms. The highest BCUT2D eigenvalue weighted by molar-refractivity contribution is 5.85. The molecule has 2 N–H and O–H groups in total. The number of hydrogen-bond acceptors (Lipinski definition) is 3. The van der Waals surface area contributed by atoms with E-state index in [1.807, 2.05) is 4.90 Å². The monoisotopic (exact) mass is 317 g/mol. The van der Waals surface area contributed by atoms with Gasteiger partial charge in [-0.3, -0.25) is 9.59 Å². The lowest BCUT2D eigenvalue weighted by Crippen LogP contribution is -2.47. The van der Waals surface area contributed by atoms with Gasteiger partial charge in [-0.2, -0.15) is 0 Å². The van der Waals surface area contributed by atoms with Crippen LogP contribution in [0.15, 0.2) is 0 Å². The van der Waals surface area contributed by atoms with Gasteiger partial charge < -0.3 is 15.5 Å². The number of nitrogens with zero attached hydrogens (tertiary/aromatic N) is 1. The first-order valence-corrected chi connectivity index (χ1v) is 8.06. The molecule has 0 bridgehead atoms. The average molecular weight is 318 g/mol. The van der Waals surface area contributed by atoms with Crippen molar-refractivity contribution in [2.45, 2.75) is 57.4 Å². The van der Waals surface area contributed by atoms with Crippen molar-refractivity contribution in [3.63, 3.8) is 0 Å². The molecule has 2 aliphatic rings. The summed E-state index contributed by atoms with van der Waals surface area (Å²) >= 11 is 0. The molecule has 1 atom stereocenters. The van der Waals surface area contributed by atoms with Crippen molar-refractivity contribution in [2.24, 2.45) is 0 Å². The minimum atomic E-state index is -0.0583. The van der Waals surface area contributed by atoms with Gasteiger partial charge in [0, 0.05) is 26.1 Å². The summed E-state index contributed by atoms with van der Waals surface area (Å²) in [6.45, 7) is 3.16. The zero-order valence-electron chi connectivity index (χ0n) is 12.7. The number of halogens is 1. The number of rotatable bonds is 4. The Morgan fingerprint density at radius 3 is 2.38 bits per heavy atom. The molecule has 0 aromatic rings. The third kappa shape index (κ3) is 6.22. The van der Waals surface area contributed by atoms with Crippen molar-refractivity contribution in [2.75, 3.05) is 26.2 Å². The summed E-state index contributed by atoms with van der Waals surface area (Å²) in [5.41, 5.74) is 0. The van der Waals surface area contributed by atoms with Crippen molar-refractivity contribution in [3.05, 3.63) is 0 Å². The molecular formula is C15H28ClN3O2. The summed E-state index contributed by atoms with van der Waals surface area (Å²) in [5, 5.41) is 6.11. The van der Waals surface area contributed by atoms with E-state index in [0.717, 1.165) is 51.7 Å². The van der Waals surface area contributed by atoms with Gasteiger partial charge in [0.15, 0.2) is 0 Å². The topological polar surface area (TPSA) is 61.4 Å². The molecule has 5 nitrogen and oxygen atoms in total. The fraction of sp³-hybridized carbons (Fsp3) is 0.867. The Bertz CT molecular complexity index is 325. The molecule has 0 aliphatic carbocycles. The number of carbonyl (C=O) groups excluding carboxylic acids is 2. The second-order valence-corrected chi connectivity index (χ2v) is 5.84. The maximum absolute atomic E-state index is 12.1. The van der Waals surface area contributed by atoms with Crippen LogP contribution in [-0.4, -0.2) is 48.9 Å². The van der Waals surface area contributed by atoms with Crippen LogP contribution in [0.4, 0.5) is 0 Å². The van der Waals surface area contributed by atoms with Crippen LogP contribution in [0, 0.1) is 0 Å². The zero-order chi connectivity index (χ0) is 14.2. The van der Waals surface area contributed by atoms with Gasteiger partial charge in [0.25, 0.3) is 0 Å². The van der Waals surface area contributed by atoms with Gasteiger partial charge in [-0.25, -0.2) is 0 Å². The summed E-state index contributed by atoms with van der Waals surface area (Å²) in [7, 11) is 0. The fourth-order valence-corrected chi connectivity index (χ4v) is 2.97. The van der Waals surface area contributed by atoms with E-state index in [0.29, 0.717) is 13.0 Å². The molecule has 2 aliphatic heterocycles. The molecule has 0 aromatic heterocycles. The van der Waals surface area contributed by atoms with Crippen LogP contribution in [0.5, 0.6) is 0 Å². The van der Waals surface area contributed by atoms with Crippen molar-refractivity contribution in [1.29, 1.82) is 0 Å². The molecule has 0 saturated carbocycles. The van der Waals surface area contributed by atoms with Gasteiger partial charge in [0.2, 0.25) is 11.8 Å². The van der Waals surface area contributed by atoms with E-state index in [2.05, 4.69) is 10.6 Å². The Morgan fingerprint density at radius 1 is 1.05 bits per heavy atom. The fourth-order valence-electron chi connectivity index (χ4n) is 2.97. The highest BCUT2D eigenvalue weighted by Gasteiger charge is 2.20. The summed E-state index contributed by atoms with van der Waals surface area (Å²) in [6, 6.07) is -0.0583. The van der Waals surface area contributed by atoms with E-state index in [4.69, 9.17) is 0 Å². The predicted octanol–water partition coefficient (Wildman–Crippen LogP) is 1.46. The first kappa shape index (κ1) is 18.2. The highest BCUT2D eigenvalue weighted by atomic mass is 35.5. The third-order valence-corrected chi connectivity index (χ3v) is 4.22. The van der Waals surface area contributed by atoms with Crippen molar-refractivity contribution in [3.8, 4) is 0 Å². The van der Waals surface area contributed by atoms with Gasteiger partial charge >= 0.3 is 0 Å². The minimum Gasteiger partial charge on any atom is -0.354 e. The number of hydrogen-bond donors (Lipinski definition) is 2. The van der Waals surface area contributed by atoms with Gasteiger partial charge in [-0.1, -0.05) is 19.3 Å². The highest BCUT2D eigenvalue weighted by Crippen LogP contribution is 2.10. The molecule has 1 unspecified atom stereocenters. The third-order valence-electron chi connectivity index (χ3n) is 4.22. The Kier molecular flexibility index (Phi) is 8.69. The van der Waals surface area contributed by atoms with Crippen LogP contribution in [0.1, 0.15) is 51.4 Å². The van der Waals surface area contributed by atoms with Crippen molar-refractivity contribution < 1.29 is 9.59 Å². The van der Waals surface area contributed by atoms with E-state index < -0.39 is 0 Å². The van der Waals surface area contributed by atoms with E-state index in [9.17, 15) is 9.59 Å². The summed E-state index contributed by atoms with van der Waals surface area (Å²) in [4.78, 5) is 25.9. The molecule has 0 spiro atoms. The van der Waals surface area contributed by atoms with Gasteiger partial charge in [-0.15, -0.1) is 12.4 Å². The number of likely N-dealkylation sites (tertiary alicyclic amines) is 1. The molecule has 2 fully saturated rings. The Morgan fingerprint density at radius 2 is 1.76 bits per heavy atom. The second-order valence-electron chi connectivity index (χ2n) is 5.84. The van der Waals surface area contributed by atoms with E-state index in [1.54, 1.807) is 0 Å². The Labute approximate surface area is 133 Å². The summed E-state index contributed by atoms with van der Waals surface area (Å²) in [5.74, 6) is 0.233. The van der Waals surface area contributed by atoms with Gasteiger partial charge in [0.1, 0.15) is 0 Å². The van der Waals surface area contributed by atoms with Crippen LogP contribution in [0.2, 0.25) is 0 Å². The average Bonchev–Trinajstić information content (AvgIpc) is 2.77. The van der Waals surface area contributed by atoms with E-state index in [-0.39, 0.29) is 30.3 Å². The maximum Gasteiger partial charge on any atom is 0.237 e. The molecular weight excluding hydrogens is 290 g/mol. The predicted molar refractivity (Wildman–Crippen MR) is 85.6 cm³/mol. The first-order valence-electron chi connectivity index (χ1n) is 8.06. The standard InChI is InChI=1S/C15H27N3O2.ClH/c19-14(18-11-5-1-2-6-12-18)8-10-17-15(20)13-7-3-4-9-16-13;/h13,16H,1-12H2,(H,17,20);1H. The van der Waals surface area contributed by atoms with Crippen molar-refractivity contribution in [1.82, 2.24) is 15.5 Å². The quantitative estimate of drug-likeness (QED) is 0.825. The SMILES string of the molecule is Cl.O=C(NCCC(=O)N1CCCCCC1)C1CCCCN1. The number of piperidine rings is 1. The molecule has 0 radical (unpaired) electrons. The molecule has 2 saturated heterocycles. The molecule has 0 aromatic carbocycles. The second kappa shape index (κ2) is 10.0. The number of amides is 2. The van der Waals surface area contributed by atoms with E-state index >= 15 is 0 Å². The Balaban J connectivity index is 0.00000220. The van der Waals surface area contributed by atoms with Gasteiger partial charge in [0.05, 0.1) is 6.04 Å². The lowest BCUT2D eigenvalue weighted by atomic mass is 10.0. The van der Waals surface area contributed by atoms with Gasteiger partial charge in [-0.05, 0) is 32.2 Å². The Hall–Kier alpha value is -0.810. The van der Waals surface area contributed by atoms with Crippen LogP contribution in [-0.2, 0) is 9.59 Å². The smallest absolute Gasteiger partial charge is 0.237 e.